The maximum Gasteiger partial charge on any atom is 2.00 e. The zero-order valence-corrected chi connectivity index (χ0v) is 41.1. The molecule has 11 aromatic rings. The van der Waals surface area contributed by atoms with Crippen LogP contribution in [0.5, 0.6) is 0 Å². The number of benzene rings is 6. The summed E-state index contributed by atoms with van der Waals surface area (Å²) in [5, 5.41) is 2.34. The first-order valence-corrected chi connectivity index (χ1v) is 22.7. The molecule has 0 N–H and O–H groups in total. The number of rotatable bonds is 9. The Morgan fingerprint density at radius 3 is 1.34 bits per heavy atom. The molecule has 7 heteroatoms. The molecule has 5 heterocycles. The van der Waals surface area contributed by atoms with Crippen LogP contribution in [0.3, 0.4) is 0 Å². The molecule has 68 heavy (non-hydrogen) atoms. The average Bonchev–Trinajstić information content (AvgIpc) is 3.89. The Morgan fingerprint density at radius 1 is 0.441 bits per heavy atom. The van der Waals surface area contributed by atoms with E-state index in [1.54, 1.807) is 0 Å². The molecular formula is C61H48N6Pt. The molecule has 5 aromatic heterocycles. The molecule has 0 fully saturated rings. The van der Waals surface area contributed by atoms with E-state index in [1.165, 1.54) is 10.8 Å². The molecule has 0 atom stereocenters. The average molecular weight is 1060 g/mol. The first kappa shape index (κ1) is 44.2. The molecule has 0 spiro atoms. The Hall–Kier alpha value is -7.66. The summed E-state index contributed by atoms with van der Waals surface area (Å²) in [7, 11) is 4.23. The van der Waals surface area contributed by atoms with Crippen molar-refractivity contribution < 1.29 is 21.1 Å². The minimum absolute atomic E-state index is 0. The number of para-hydroxylation sites is 2. The number of hydrogen-bond donors (Lipinski definition) is 0. The molecule has 0 aliphatic rings. The third kappa shape index (κ3) is 8.05. The van der Waals surface area contributed by atoms with E-state index in [-0.39, 0.29) is 21.1 Å². The van der Waals surface area contributed by atoms with Crippen LogP contribution in [0.4, 0.5) is 17.1 Å². The molecule has 0 aliphatic carbocycles. The van der Waals surface area contributed by atoms with Gasteiger partial charge in [-0.15, -0.1) is 47.5 Å². The molecule has 0 saturated carbocycles. The number of aryl methyl sites for hydroxylation is 6. The van der Waals surface area contributed by atoms with Gasteiger partial charge >= 0.3 is 21.1 Å². The van der Waals surface area contributed by atoms with Crippen molar-refractivity contribution in [1.29, 1.82) is 0 Å². The Labute approximate surface area is 412 Å². The molecule has 0 bridgehead atoms. The van der Waals surface area contributed by atoms with E-state index in [2.05, 4.69) is 232 Å². The van der Waals surface area contributed by atoms with Crippen molar-refractivity contribution in [3.63, 3.8) is 0 Å². The van der Waals surface area contributed by atoms with Crippen molar-refractivity contribution in [2.45, 2.75) is 27.7 Å². The molecule has 0 saturated heterocycles. The molecule has 332 valence electrons. The second kappa shape index (κ2) is 18.2. The van der Waals surface area contributed by atoms with Crippen molar-refractivity contribution >= 4 is 38.9 Å². The summed E-state index contributed by atoms with van der Waals surface area (Å²) in [6.45, 7) is 8.49. The van der Waals surface area contributed by atoms with Crippen LogP contribution in [0.2, 0.25) is 0 Å². The minimum Gasteiger partial charge on any atom is -0.350 e. The van der Waals surface area contributed by atoms with E-state index in [0.29, 0.717) is 0 Å². The van der Waals surface area contributed by atoms with Crippen LogP contribution in [-0.4, -0.2) is 24.1 Å². The van der Waals surface area contributed by atoms with E-state index in [1.807, 2.05) is 18.6 Å². The quantitative estimate of drug-likeness (QED) is 0.135. The van der Waals surface area contributed by atoms with E-state index in [4.69, 9.17) is 15.0 Å². The predicted molar refractivity (Wildman–Crippen MR) is 277 cm³/mol. The maximum absolute atomic E-state index is 5.11. The minimum atomic E-state index is 0. The van der Waals surface area contributed by atoms with Gasteiger partial charge in [0.25, 0.3) is 0 Å². The Kier molecular flexibility index (Phi) is 11.8. The second-order valence-electron chi connectivity index (χ2n) is 17.6. The Balaban J connectivity index is 0.00000539. The van der Waals surface area contributed by atoms with Crippen LogP contribution >= 0.6 is 0 Å². The Bertz CT molecular complexity index is 3430. The summed E-state index contributed by atoms with van der Waals surface area (Å²) in [4.78, 5) is 17.5. The van der Waals surface area contributed by atoms with E-state index in [9.17, 15) is 0 Å². The standard InChI is InChI=1S/C61H48N6.Pt/c1-39-25-26-62-42(4)61(39)67(49-29-45(55-37-65(5)59-23-15-13-21-51(55)59)27-47(31-49)57-33-53(40(2)35-63-57)43-17-9-7-10-18-43)50-30-46(56-38-66(6)60-24-16-14-22-52(56)60)28-48(32-50)58-34-54(41(3)36-64-58)44-19-11-8-12-20-44;/h7-30,33-38H,1-6H3;/q-2;+2. The molecule has 11 rings (SSSR count). The zero-order chi connectivity index (χ0) is 45.8. The third-order valence-corrected chi connectivity index (χ3v) is 13.1. The predicted octanol–water partition coefficient (Wildman–Crippen LogP) is 15.2. The molecule has 0 unspecified atom stereocenters. The fourth-order valence-electron chi connectivity index (χ4n) is 9.68. The smallest absolute Gasteiger partial charge is 0.350 e. The first-order chi connectivity index (χ1) is 32.7. The van der Waals surface area contributed by atoms with Crippen LogP contribution in [0, 0.1) is 39.8 Å². The zero-order valence-electron chi connectivity index (χ0n) is 38.8. The van der Waals surface area contributed by atoms with Gasteiger partial charge in [0.15, 0.2) is 0 Å². The topological polar surface area (TPSA) is 51.8 Å². The van der Waals surface area contributed by atoms with Gasteiger partial charge in [-0.25, -0.2) is 0 Å². The number of nitrogens with zero attached hydrogens (tertiary/aromatic N) is 6. The van der Waals surface area contributed by atoms with Gasteiger partial charge in [0, 0.05) is 66.9 Å². The number of fused-ring (bicyclic) bond motifs is 2. The summed E-state index contributed by atoms with van der Waals surface area (Å²) in [6.07, 6.45) is 10.3. The largest absolute Gasteiger partial charge is 2.00 e. The third-order valence-electron chi connectivity index (χ3n) is 13.1. The van der Waals surface area contributed by atoms with E-state index < -0.39 is 0 Å². The van der Waals surface area contributed by atoms with E-state index in [0.717, 1.165) is 118 Å². The van der Waals surface area contributed by atoms with Gasteiger partial charge in [-0.3, -0.25) is 4.98 Å². The monoisotopic (exact) mass is 1060 g/mol. The summed E-state index contributed by atoms with van der Waals surface area (Å²) < 4.78 is 4.41. The number of pyridine rings is 3. The van der Waals surface area contributed by atoms with Gasteiger partial charge in [-0.1, -0.05) is 120 Å². The number of anilines is 3. The number of hydrogen-bond acceptors (Lipinski definition) is 4. The van der Waals surface area contributed by atoms with Crippen LogP contribution < -0.4 is 4.90 Å². The van der Waals surface area contributed by atoms with Crippen LogP contribution in [0.1, 0.15) is 22.4 Å². The molecule has 6 nitrogen and oxygen atoms in total. The van der Waals surface area contributed by atoms with Gasteiger partial charge in [0.05, 0.1) is 11.4 Å². The molecule has 6 aromatic carbocycles. The molecule has 0 amide bonds. The summed E-state index contributed by atoms with van der Waals surface area (Å²) in [5.41, 5.74) is 21.4. The van der Waals surface area contributed by atoms with E-state index >= 15 is 0 Å². The second-order valence-corrected chi connectivity index (χ2v) is 17.6. The summed E-state index contributed by atoms with van der Waals surface area (Å²) in [6, 6.07) is 61.7. The first-order valence-electron chi connectivity index (χ1n) is 22.7. The summed E-state index contributed by atoms with van der Waals surface area (Å²) >= 11 is 0. The Morgan fingerprint density at radius 2 is 0.882 bits per heavy atom. The fourth-order valence-corrected chi connectivity index (χ4v) is 9.68. The molecule has 0 aliphatic heterocycles. The van der Waals surface area contributed by atoms with Crippen LogP contribution in [0.25, 0.3) is 88.8 Å². The SMILES string of the molecule is Cc1cnc(-c2[c-]c(N(c3[c-]c(-c4cc(-c5ccccc5)c(C)cn4)cc(-c4cn(C)c5ccccc45)c3)c3c(C)ccnc3C)cc(-c3cn(C)c4ccccc34)c2)cc1-c1ccccc1.[Pt+2]. The van der Waals surface area contributed by atoms with Crippen molar-refractivity contribution in [2.24, 2.45) is 14.1 Å². The molecular weight excluding hydrogens is 1010 g/mol. The van der Waals surface area contributed by atoms with Crippen LogP contribution in [0.15, 0.2) is 183 Å². The van der Waals surface area contributed by atoms with Gasteiger partial charge in [-0.2, -0.15) is 0 Å². The van der Waals surface area contributed by atoms with Crippen molar-refractivity contribution in [2.75, 3.05) is 4.90 Å². The van der Waals surface area contributed by atoms with Crippen molar-refractivity contribution in [3.8, 4) is 67.0 Å². The van der Waals surface area contributed by atoms with Gasteiger partial charge in [0.1, 0.15) is 0 Å². The molecule has 0 radical (unpaired) electrons. The van der Waals surface area contributed by atoms with Gasteiger partial charge in [0.2, 0.25) is 0 Å². The van der Waals surface area contributed by atoms with Gasteiger partial charge in [-0.05, 0) is 119 Å². The van der Waals surface area contributed by atoms with Gasteiger partial charge < -0.3 is 24.0 Å². The summed E-state index contributed by atoms with van der Waals surface area (Å²) in [5.74, 6) is 0. The van der Waals surface area contributed by atoms with Crippen molar-refractivity contribution in [3.05, 3.63) is 217 Å². The maximum atomic E-state index is 5.11. The normalized spacial score (nSPS) is 11.3. The fraction of sp³-hybridized carbons (Fsp3) is 0.0984. The number of aromatic nitrogens is 5. The van der Waals surface area contributed by atoms with Crippen LogP contribution in [-0.2, 0) is 35.2 Å². The van der Waals surface area contributed by atoms with Crippen molar-refractivity contribution in [1.82, 2.24) is 24.1 Å².